The van der Waals surface area contributed by atoms with E-state index in [-0.39, 0.29) is 0 Å². The summed E-state index contributed by atoms with van der Waals surface area (Å²) in [5, 5.41) is 0. The molecule has 0 heterocycles. The second-order valence-corrected chi connectivity index (χ2v) is 3.39. The average Bonchev–Trinajstić information content (AvgIpc) is 2.06. The minimum absolute atomic E-state index is 1.14. The quantitative estimate of drug-likeness (QED) is 0.543. The van der Waals surface area contributed by atoms with Gasteiger partial charge in [-0.25, -0.2) is 0 Å². The highest BCUT2D eigenvalue weighted by atomic mass is 14.1. The van der Waals surface area contributed by atoms with E-state index in [2.05, 4.69) is 30.7 Å². The highest BCUT2D eigenvalue weighted by molar-refractivity contribution is 5.33. The van der Waals surface area contributed by atoms with Crippen molar-refractivity contribution in [1.29, 1.82) is 0 Å². The van der Waals surface area contributed by atoms with Crippen LogP contribution in [0.1, 0.15) is 36.8 Å². The summed E-state index contributed by atoms with van der Waals surface area (Å²) in [6, 6.07) is 8.64. The first-order valence-corrected chi connectivity index (χ1v) is 4.78. The van der Waals surface area contributed by atoms with Crippen molar-refractivity contribution in [3.05, 3.63) is 41.8 Å². The van der Waals surface area contributed by atoms with Gasteiger partial charge in [-0.2, -0.15) is 0 Å². The van der Waals surface area contributed by atoms with Crippen molar-refractivity contribution in [1.82, 2.24) is 0 Å². The van der Waals surface area contributed by atoms with Crippen molar-refractivity contribution in [3.8, 4) is 0 Å². The molecular formula is C12H14. The molecule has 2 radical (unpaired) electrons. The second-order valence-electron chi connectivity index (χ2n) is 3.39. The highest BCUT2D eigenvalue weighted by Gasteiger charge is 2.05. The Hall–Kier alpha value is -0.780. The number of fused-ring (bicyclic) bond motifs is 1. The van der Waals surface area contributed by atoms with E-state index in [0.29, 0.717) is 0 Å². The number of benzene rings is 1. The molecule has 0 amide bonds. The van der Waals surface area contributed by atoms with E-state index in [1.165, 1.54) is 36.8 Å². The first kappa shape index (κ1) is 7.85. The molecule has 1 aliphatic rings. The summed E-state index contributed by atoms with van der Waals surface area (Å²) in [6.45, 7) is 0. The standard InChI is InChI=1S/C12H14/c1-2-4-8-12-10-6-5-9-11(12)7-3-1/h5-6,9-10H,1-4,7H2. The molecule has 0 N–H and O–H groups in total. The third kappa shape index (κ3) is 1.69. The zero-order valence-electron chi connectivity index (χ0n) is 7.34. The molecule has 0 heteroatoms. The Labute approximate surface area is 74.6 Å². The Morgan fingerprint density at radius 1 is 1.00 bits per heavy atom. The first-order valence-electron chi connectivity index (χ1n) is 4.78. The molecular weight excluding hydrogens is 144 g/mol. The Morgan fingerprint density at radius 2 is 1.92 bits per heavy atom. The Balaban J connectivity index is 2.24. The van der Waals surface area contributed by atoms with E-state index in [4.69, 9.17) is 0 Å². The molecule has 0 nitrogen and oxygen atoms in total. The predicted molar refractivity (Wildman–Crippen MR) is 51.0 cm³/mol. The van der Waals surface area contributed by atoms with E-state index in [1.807, 2.05) is 0 Å². The maximum atomic E-state index is 3.47. The fourth-order valence-electron chi connectivity index (χ4n) is 1.75. The molecule has 0 aromatic heterocycles. The Morgan fingerprint density at radius 3 is 2.92 bits per heavy atom. The van der Waals surface area contributed by atoms with Gasteiger partial charge in [0.2, 0.25) is 0 Å². The van der Waals surface area contributed by atoms with Crippen LogP contribution in [-0.2, 0) is 6.42 Å². The van der Waals surface area contributed by atoms with Crippen LogP contribution in [0.3, 0.4) is 0 Å². The van der Waals surface area contributed by atoms with Crippen LogP contribution >= 0.6 is 0 Å². The van der Waals surface area contributed by atoms with Gasteiger partial charge in [-0.3, -0.25) is 0 Å². The molecule has 62 valence electrons. The third-order valence-electron chi connectivity index (χ3n) is 2.46. The van der Waals surface area contributed by atoms with Gasteiger partial charge in [0.15, 0.2) is 0 Å². The lowest BCUT2D eigenvalue weighted by Gasteiger charge is -2.11. The SMILES string of the molecule is [C]1CCCCCc2ccccc21. The van der Waals surface area contributed by atoms with Gasteiger partial charge in [0.1, 0.15) is 0 Å². The van der Waals surface area contributed by atoms with Crippen molar-refractivity contribution in [3.63, 3.8) is 0 Å². The summed E-state index contributed by atoms with van der Waals surface area (Å²) in [5.41, 5.74) is 2.83. The molecule has 0 saturated heterocycles. The van der Waals surface area contributed by atoms with Crippen molar-refractivity contribution in [2.24, 2.45) is 0 Å². The van der Waals surface area contributed by atoms with Gasteiger partial charge in [0.25, 0.3) is 0 Å². The largest absolute Gasteiger partial charge is 0.0620 e. The lowest BCUT2D eigenvalue weighted by Crippen LogP contribution is -1.96. The van der Waals surface area contributed by atoms with Crippen LogP contribution in [0.4, 0.5) is 0 Å². The topological polar surface area (TPSA) is 0 Å². The number of hydrogen-bond donors (Lipinski definition) is 0. The Bertz CT molecular complexity index is 223. The van der Waals surface area contributed by atoms with Crippen molar-refractivity contribution < 1.29 is 0 Å². The summed E-state index contributed by atoms with van der Waals surface area (Å²) in [6.07, 6.45) is 9.86. The van der Waals surface area contributed by atoms with Gasteiger partial charge in [0.05, 0.1) is 0 Å². The number of rotatable bonds is 0. The smallest absolute Gasteiger partial charge is 0.0167 e. The van der Waals surface area contributed by atoms with Crippen LogP contribution in [-0.4, -0.2) is 0 Å². The van der Waals surface area contributed by atoms with Gasteiger partial charge in [-0.15, -0.1) is 0 Å². The molecule has 1 aromatic rings. The average molecular weight is 158 g/mol. The highest BCUT2D eigenvalue weighted by Crippen LogP contribution is 2.20. The van der Waals surface area contributed by atoms with E-state index >= 15 is 0 Å². The van der Waals surface area contributed by atoms with E-state index < -0.39 is 0 Å². The van der Waals surface area contributed by atoms with Gasteiger partial charge in [-0.05, 0) is 30.4 Å². The van der Waals surface area contributed by atoms with Crippen LogP contribution in [0.5, 0.6) is 0 Å². The summed E-state index contributed by atoms with van der Waals surface area (Å²) < 4.78 is 0. The van der Waals surface area contributed by atoms with Gasteiger partial charge in [0, 0.05) is 6.42 Å². The molecule has 0 fully saturated rings. The summed E-state index contributed by atoms with van der Waals surface area (Å²) in [4.78, 5) is 0. The van der Waals surface area contributed by atoms with Crippen molar-refractivity contribution in [2.75, 3.05) is 0 Å². The monoisotopic (exact) mass is 158 g/mol. The zero-order chi connectivity index (χ0) is 8.23. The van der Waals surface area contributed by atoms with Crippen LogP contribution in [0, 0.1) is 6.42 Å². The molecule has 1 aliphatic carbocycles. The number of aryl methyl sites for hydroxylation is 1. The molecule has 0 aliphatic heterocycles. The maximum absolute atomic E-state index is 3.47. The summed E-state index contributed by atoms with van der Waals surface area (Å²) in [7, 11) is 0. The lowest BCUT2D eigenvalue weighted by molar-refractivity contribution is 0.660. The second kappa shape index (κ2) is 3.75. The molecule has 0 bridgehead atoms. The fourth-order valence-corrected chi connectivity index (χ4v) is 1.75. The van der Waals surface area contributed by atoms with Crippen LogP contribution in [0.15, 0.2) is 24.3 Å². The van der Waals surface area contributed by atoms with Crippen LogP contribution < -0.4 is 0 Å². The molecule has 2 rings (SSSR count). The third-order valence-corrected chi connectivity index (χ3v) is 2.46. The molecule has 0 unspecified atom stereocenters. The molecule has 1 aromatic carbocycles. The Kier molecular flexibility index (Phi) is 2.45. The van der Waals surface area contributed by atoms with E-state index in [0.717, 1.165) is 6.42 Å². The van der Waals surface area contributed by atoms with Crippen molar-refractivity contribution >= 4 is 0 Å². The van der Waals surface area contributed by atoms with E-state index in [9.17, 15) is 0 Å². The summed E-state index contributed by atoms with van der Waals surface area (Å²) in [5.74, 6) is 0. The minimum atomic E-state index is 1.14. The minimum Gasteiger partial charge on any atom is -0.0620 e. The zero-order valence-corrected chi connectivity index (χ0v) is 7.34. The predicted octanol–water partition coefficient (Wildman–Crippen LogP) is 3.23. The molecule has 0 saturated carbocycles. The lowest BCUT2D eigenvalue weighted by atomic mass is 9.94. The van der Waals surface area contributed by atoms with Crippen LogP contribution in [0.25, 0.3) is 0 Å². The number of hydrogen-bond acceptors (Lipinski definition) is 0. The van der Waals surface area contributed by atoms with E-state index in [1.54, 1.807) is 0 Å². The van der Waals surface area contributed by atoms with Gasteiger partial charge in [-0.1, -0.05) is 37.1 Å². The van der Waals surface area contributed by atoms with Crippen molar-refractivity contribution in [2.45, 2.75) is 32.1 Å². The first-order chi connectivity index (χ1) is 5.97. The fraction of sp³-hybridized carbons (Fsp3) is 0.417. The van der Waals surface area contributed by atoms with Gasteiger partial charge < -0.3 is 0 Å². The molecule has 0 spiro atoms. The molecule has 0 atom stereocenters. The maximum Gasteiger partial charge on any atom is 0.0167 e. The molecule has 12 heavy (non-hydrogen) atoms. The van der Waals surface area contributed by atoms with Gasteiger partial charge >= 0.3 is 0 Å². The normalized spacial score (nSPS) is 17.7. The summed E-state index contributed by atoms with van der Waals surface area (Å²) >= 11 is 0. The van der Waals surface area contributed by atoms with Crippen LogP contribution in [0.2, 0.25) is 0 Å².